The van der Waals surface area contributed by atoms with Gasteiger partial charge in [-0.05, 0) is 26.2 Å². The summed E-state index contributed by atoms with van der Waals surface area (Å²) in [7, 11) is 0. The van der Waals surface area contributed by atoms with Crippen LogP contribution in [0.25, 0.3) is 17.2 Å². The number of amides is 1. The number of aromatic nitrogens is 6. The van der Waals surface area contributed by atoms with E-state index in [0.717, 1.165) is 17.8 Å². The number of carbonyl (C=O) groups excluding carboxylic acids is 1. The summed E-state index contributed by atoms with van der Waals surface area (Å²) in [6, 6.07) is 1.43. The Balaban J connectivity index is 1.44. The molecule has 1 unspecified atom stereocenters. The van der Waals surface area contributed by atoms with Gasteiger partial charge in [-0.25, -0.2) is 19.9 Å². The summed E-state index contributed by atoms with van der Waals surface area (Å²) in [4.78, 5) is 47.2. The molecule has 5 heterocycles. The number of rotatable bonds is 4. The maximum Gasteiger partial charge on any atom is 0.242 e. The minimum Gasteiger partial charge on any atom is -0.383 e. The van der Waals surface area contributed by atoms with Crippen molar-refractivity contribution < 1.29 is 4.79 Å². The molecule has 1 saturated carbocycles. The van der Waals surface area contributed by atoms with Gasteiger partial charge in [0.1, 0.15) is 22.7 Å². The zero-order chi connectivity index (χ0) is 25.0. The Morgan fingerprint density at radius 1 is 1.17 bits per heavy atom. The molecule has 0 radical (unpaired) electrons. The molecular weight excluding hydrogens is 456 g/mol. The van der Waals surface area contributed by atoms with Crippen molar-refractivity contribution in [1.82, 2.24) is 29.3 Å². The largest absolute Gasteiger partial charge is 0.383 e. The van der Waals surface area contributed by atoms with Crippen LogP contribution in [0.4, 0.5) is 11.6 Å². The Labute approximate surface area is 207 Å². The lowest BCUT2D eigenvalue weighted by Gasteiger charge is -2.23. The Morgan fingerprint density at radius 3 is 2.75 bits per heavy atom. The molecule has 10 nitrogen and oxygen atoms in total. The number of carbonyl (C=O) groups is 1. The molecule has 36 heavy (non-hydrogen) atoms. The summed E-state index contributed by atoms with van der Waals surface area (Å²) in [5, 5.41) is 2.84. The lowest BCUT2D eigenvalue weighted by molar-refractivity contribution is -0.119. The Kier molecular flexibility index (Phi) is 5.13. The van der Waals surface area contributed by atoms with Gasteiger partial charge in [0.15, 0.2) is 16.9 Å². The predicted molar refractivity (Wildman–Crippen MR) is 136 cm³/mol. The SMILES string of the molecule is Cc1c[nH]c(C2(C)C(=O)Nc3nc(-c4cn5ccnc5c(CC5CCCCC5)n4)nc(N)c32)cc1=O. The van der Waals surface area contributed by atoms with Gasteiger partial charge in [0.05, 0.1) is 11.3 Å². The number of anilines is 2. The fraction of sp³-hybridized carbons (Fsp3) is 0.385. The zero-order valence-corrected chi connectivity index (χ0v) is 20.3. The number of aryl methyl sites for hydroxylation is 1. The molecule has 10 heteroatoms. The number of nitrogens with two attached hydrogens (primary N) is 1. The monoisotopic (exact) mass is 484 g/mol. The van der Waals surface area contributed by atoms with Crippen LogP contribution in [0.3, 0.4) is 0 Å². The smallest absolute Gasteiger partial charge is 0.242 e. The van der Waals surface area contributed by atoms with Crippen molar-refractivity contribution in [3.63, 3.8) is 0 Å². The minimum absolute atomic E-state index is 0.161. The highest BCUT2D eigenvalue weighted by Gasteiger charge is 2.48. The van der Waals surface area contributed by atoms with E-state index in [4.69, 9.17) is 10.7 Å². The highest BCUT2D eigenvalue weighted by Crippen LogP contribution is 2.44. The molecule has 6 rings (SSSR count). The van der Waals surface area contributed by atoms with E-state index in [1.807, 2.05) is 16.8 Å². The van der Waals surface area contributed by atoms with Gasteiger partial charge in [-0.15, -0.1) is 0 Å². The maximum absolute atomic E-state index is 13.2. The molecule has 1 aliphatic heterocycles. The standard InChI is InChI=1S/C26H28N8O2/c1-14-12-29-19(11-18(14)35)26(2)20-21(27)31-22(32-23(20)33-25(26)36)17-13-34-9-8-28-24(34)16(30-17)10-15-6-4-3-5-7-15/h8-9,11-13,15H,3-7,10H2,1-2H3,(H,29,35)(H3,27,31,32,33,36). The molecule has 0 bridgehead atoms. The molecule has 2 aliphatic rings. The lowest BCUT2D eigenvalue weighted by atomic mass is 9.80. The van der Waals surface area contributed by atoms with Gasteiger partial charge < -0.3 is 20.4 Å². The number of fused-ring (bicyclic) bond motifs is 2. The molecule has 4 N–H and O–H groups in total. The maximum atomic E-state index is 13.2. The fourth-order valence-corrected chi connectivity index (χ4v) is 5.52. The minimum atomic E-state index is -1.22. The Hall–Kier alpha value is -4.08. The van der Waals surface area contributed by atoms with Gasteiger partial charge >= 0.3 is 0 Å². The van der Waals surface area contributed by atoms with Crippen LogP contribution in [0.1, 0.15) is 61.5 Å². The third kappa shape index (κ3) is 3.47. The Bertz CT molecular complexity index is 1570. The quantitative estimate of drug-likeness (QED) is 0.404. The first-order valence-corrected chi connectivity index (χ1v) is 12.4. The number of imidazole rings is 1. The van der Waals surface area contributed by atoms with Crippen LogP contribution in [0.15, 0.2) is 35.6 Å². The molecular formula is C26H28N8O2. The molecule has 1 fully saturated rings. The van der Waals surface area contributed by atoms with Crippen LogP contribution in [0.5, 0.6) is 0 Å². The van der Waals surface area contributed by atoms with Crippen LogP contribution in [-0.2, 0) is 16.6 Å². The number of nitrogens with zero attached hydrogens (tertiary/aromatic N) is 5. The third-order valence-corrected chi connectivity index (χ3v) is 7.65. The van der Waals surface area contributed by atoms with Crippen molar-refractivity contribution in [2.24, 2.45) is 5.92 Å². The predicted octanol–water partition coefficient (Wildman–Crippen LogP) is 3.15. The number of pyridine rings is 1. The number of hydrogen-bond acceptors (Lipinski definition) is 7. The highest BCUT2D eigenvalue weighted by atomic mass is 16.2. The van der Waals surface area contributed by atoms with Crippen LogP contribution in [0, 0.1) is 12.8 Å². The summed E-state index contributed by atoms with van der Waals surface area (Å²) in [5.74, 6) is 1.08. The molecule has 184 valence electrons. The van der Waals surface area contributed by atoms with Crippen LogP contribution < -0.4 is 16.5 Å². The molecule has 0 aromatic carbocycles. The highest BCUT2D eigenvalue weighted by molar-refractivity contribution is 6.08. The van der Waals surface area contributed by atoms with E-state index in [-0.39, 0.29) is 17.2 Å². The molecule has 1 atom stereocenters. The third-order valence-electron chi connectivity index (χ3n) is 7.65. The van der Waals surface area contributed by atoms with Gasteiger partial charge in [-0.2, -0.15) is 0 Å². The van der Waals surface area contributed by atoms with Crippen molar-refractivity contribution in [2.75, 3.05) is 11.1 Å². The first kappa shape index (κ1) is 22.4. The Morgan fingerprint density at radius 2 is 1.97 bits per heavy atom. The zero-order valence-electron chi connectivity index (χ0n) is 20.3. The first-order valence-electron chi connectivity index (χ1n) is 12.4. The van der Waals surface area contributed by atoms with Crippen molar-refractivity contribution in [1.29, 1.82) is 0 Å². The average molecular weight is 485 g/mol. The molecule has 1 amide bonds. The average Bonchev–Trinajstić information content (AvgIpc) is 3.44. The molecule has 1 aliphatic carbocycles. The second-order valence-corrected chi connectivity index (χ2v) is 10.1. The van der Waals surface area contributed by atoms with Crippen LogP contribution in [0.2, 0.25) is 0 Å². The first-order chi connectivity index (χ1) is 17.3. The van der Waals surface area contributed by atoms with Gasteiger partial charge in [0.2, 0.25) is 5.91 Å². The summed E-state index contributed by atoms with van der Waals surface area (Å²) in [5.41, 5.74) is 8.82. The summed E-state index contributed by atoms with van der Waals surface area (Å²) in [6.07, 6.45) is 14.1. The van der Waals surface area contributed by atoms with Crippen molar-refractivity contribution >= 4 is 23.2 Å². The molecule has 4 aromatic rings. The number of nitrogen functional groups attached to an aromatic ring is 1. The van der Waals surface area contributed by atoms with Gasteiger partial charge in [0, 0.05) is 42.1 Å². The van der Waals surface area contributed by atoms with Crippen LogP contribution in [-0.4, -0.2) is 35.2 Å². The van der Waals surface area contributed by atoms with E-state index < -0.39 is 5.41 Å². The number of nitrogens with one attached hydrogen (secondary N) is 2. The molecule has 4 aromatic heterocycles. The van der Waals surface area contributed by atoms with E-state index in [1.54, 1.807) is 26.2 Å². The summed E-state index contributed by atoms with van der Waals surface area (Å²) < 4.78 is 1.94. The second-order valence-electron chi connectivity index (χ2n) is 10.1. The van der Waals surface area contributed by atoms with E-state index in [2.05, 4.69) is 25.3 Å². The van der Waals surface area contributed by atoms with E-state index in [9.17, 15) is 9.59 Å². The topological polar surface area (TPSA) is 144 Å². The summed E-state index contributed by atoms with van der Waals surface area (Å²) in [6.45, 7) is 3.43. The molecule has 0 saturated heterocycles. The van der Waals surface area contributed by atoms with Gasteiger partial charge in [-0.3, -0.25) is 9.59 Å². The van der Waals surface area contributed by atoms with Crippen molar-refractivity contribution in [2.45, 2.75) is 57.8 Å². The fourth-order valence-electron chi connectivity index (χ4n) is 5.52. The normalized spacial score (nSPS) is 20.0. The second kappa shape index (κ2) is 8.25. The number of H-pyrrole nitrogens is 1. The van der Waals surface area contributed by atoms with E-state index in [1.165, 1.54) is 38.2 Å². The van der Waals surface area contributed by atoms with Crippen molar-refractivity contribution in [3.8, 4) is 11.5 Å². The molecule has 0 spiro atoms. The summed E-state index contributed by atoms with van der Waals surface area (Å²) >= 11 is 0. The number of hydrogen-bond donors (Lipinski definition) is 3. The van der Waals surface area contributed by atoms with E-state index in [0.29, 0.717) is 40.1 Å². The van der Waals surface area contributed by atoms with E-state index >= 15 is 0 Å². The lowest BCUT2D eigenvalue weighted by Crippen LogP contribution is -2.35. The van der Waals surface area contributed by atoms with Gasteiger partial charge in [-0.1, -0.05) is 32.1 Å². The number of aromatic amines is 1. The van der Waals surface area contributed by atoms with Crippen LogP contribution >= 0.6 is 0 Å². The van der Waals surface area contributed by atoms with Crippen molar-refractivity contribution in [3.05, 3.63) is 63.6 Å². The van der Waals surface area contributed by atoms with Gasteiger partial charge in [0.25, 0.3) is 0 Å².